The number of hydrogen-bond acceptors (Lipinski definition) is 5. The number of carbonyl (C=O) groups is 2. The fourth-order valence-corrected chi connectivity index (χ4v) is 0.869. The highest BCUT2D eigenvalue weighted by atomic mass is 32.1. The van der Waals surface area contributed by atoms with E-state index in [1.54, 1.807) is 27.7 Å². The molecule has 0 bridgehead atoms. The molecular formula is C10H16O4S. The van der Waals surface area contributed by atoms with Crippen LogP contribution in [0, 0.1) is 0 Å². The van der Waals surface area contributed by atoms with Crippen molar-refractivity contribution in [2.24, 2.45) is 0 Å². The van der Waals surface area contributed by atoms with E-state index >= 15 is 0 Å². The summed E-state index contributed by atoms with van der Waals surface area (Å²) in [4.78, 5) is 22.2. The largest absolute Gasteiger partial charge is 0.460 e. The molecule has 0 spiro atoms. The molecule has 5 heteroatoms. The standard InChI is InChI=1S/C10H16O4S/c1-6(2)13-9(11)5-8(15)10(12)14-7(3)4/h5-7,15H,1-4H3. The van der Waals surface area contributed by atoms with Crippen LogP contribution in [0.1, 0.15) is 27.7 Å². The highest BCUT2D eigenvalue weighted by Crippen LogP contribution is 2.06. The van der Waals surface area contributed by atoms with Gasteiger partial charge in [-0.2, -0.15) is 0 Å². The second kappa shape index (κ2) is 6.50. The first-order valence-corrected chi connectivity index (χ1v) is 5.10. The lowest BCUT2D eigenvalue weighted by atomic mass is 10.4. The molecule has 0 atom stereocenters. The maximum absolute atomic E-state index is 11.2. The van der Waals surface area contributed by atoms with Crippen LogP contribution in [0.4, 0.5) is 0 Å². The minimum Gasteiger partial charge on any atom is -0.460 e. The van der Waals surface area contributed by atoms with Crippen LogP contribution < -0.4 is 0 Å². The van der Waals surface area contributed by atoms with E-state index in [1.807, 2.05) is 0 Å². The fraction of sp³-hybridized carbons (Fsp3) is 0.600. The molecule has 0 N–H and O–H groups in total. The molecule has 0 aromatic rings. The number of rotatable bonds is 4. The summed E-state index contributed by atoms with van der Waals surface area (Å²) in [6.07, 6.45) is 0.540. The van der Waals surface area contributed by atoms with E-state index in [2.05, 4.69) is 12.6 Å². The van der Waals surface area contributed by atoms with Crippen molar-refractivity contribution in [2.75, 3.05) is 0 Å². The first-order chi connectivity index (χ1) is 6.82. The monoisotopic (exact) mass is 232 g/mol. The lowest BCUT2D eigenvalue weighted by Gasteiger charge is -2.08. The summed E-state index contributed by atoms with van der Waals surface area (Å²) >= 11 is 3.85. The van der Waals surface area contributed by atoms with Crippen molar-refractivity contribution < 1.29 is 19.1 Å². The fourth-order valence-electron chi connectivity index (χ4n) is 0.711. The third-order valence-corrected chi connectivity index (χ3v) is 1.47. The summed E-state index contributed by atoms with van der Waals surface area (Å²) in [5.74, 6) is -1.23. The Bertz CT molecular complexity index is 269. The van der Waals surface area contributed by atoms with Gasteiger partial charge in [0, 0.05) is 6.08 Å². The molecule has 0 aromatic heterocycles. The zero-order chi connectivity index (χ0) is 12.0. The Balaban J connectivity index is 4.29. The molecule has 86 valence electrons. The van der Waals surface area contributed by atoms with E-state index in [-0.39, 0.29) is 17.1 Å². The second-order valence-electron chi connectivity index (χ2n) is 3.47. The first-order valence-electron chi connectivity index (χ1n) is 4.65. The Morgan fingerprint density at radius 3 is 1.93 bits per heavy atom. The lowest BCUT2D eigenvalue weighted by molar-refractivity contribution is -0.144. The zero-order valence-corrected chi connectivity index (χ0v) is 10.2. The molecule has 0 fully saturated rings. The van der Waals surface area contributed by atoms with E-state index in [4.69, 9.17) is 9.47 Å². The number of thiol groups is 1. The van der Waals surface area contributed by atoms with E-state index in [0.717, 1.165) is 6.08 Å². The van der Waals surface area contributed by atoms with Gasteiger partial charge < -0.3 is 9.47 Å². The van der Waals surface area contributed by atoms with Crippen LogP contribution in [0.3, 0.4) is 0 Å². The topological polar surface area (TPSA) is 52.6 Å². The van der Waals surface area contributed by atoms with Crippen molar-refractivity contribution in [2.45, 2.75) is 39.9 Å². The summed E-state index contributed by atoms with van der Waals surface area (Å²) in [7, 11) is 0. The molecule has 0 radical (unpaired) electrons. The van der Waals surface area contributed by atoms with E-state index in [9.17, 15) is 9.59 Å². The summed E-state index contributed by atoms with van der Waals surface area (Å²) in [6, 6.07) is 0. The lowest BCUT2D eigenvalue weighted by Crippen LogP contribution is -2.14. The summed E-state index contributed by atoms with van der Waals surface area (Å²) in [5, 5.41) is 0. The first kappa shape index (κ1) is 14.0. The van der Waals surface area contributed by atoms with E-state index in [0.29, 0.717) is 0 Å². The minimum absolute atomic E-state index is 0.0608. The molecule has 15 heavy (non-hydrogen) atoms. The van der Waals surface area contributed by atoms with Crippen LogP contribution >= 0.6 is 12.6 Å². The molecular weight excluding hydrogens is 216 g/mol. The predicted molar refractivity (Wildman–Crippen MR) is 59.5 cm³/mol. The number of esters is 2. The SMILES string of the molecule is CC(C)OC(=O)C=C(S)C(=O)OC(C)C. The zero-order valence-electron chi connectivity index (χ0n) is 9.31. The van der Waals surface area contributed by atoms with Gasteiger partial charge in [-0.1, -0.05) is 0 Å². The van der Waals surface area contributed by atoms with Crippen molar-refractivity contribution in [3.8, 4) is 0 Å². The van der Waals surface area contributed by atoms with Crippen LogP contribution in [0.2, 0.25) is 0 Å². The van der Waals surface area contributed by atoms with Crippen LogP contribution in [0.15, 0.2) is 11.0 Å². The Morgan fingerprint density at radius 2 is 1.53 bits per heavy atom. The van der Waals surface area contributed by atoms with Gasteiger partial charge in [0.05, 0.1) is 17.1 Å². The van der Waals surface area contributed by atoms with Gasteiger partial charge in [0.2, 0.25) is 0 Å². The van der Waals surface area contributed by atoms with Crippen LogP contribution in [-0.2, 0) is 19.1 Å². The molecule has 0 heterocycles. The van der Waals surface area contributed by atoms with Gasteiger partial charge >= 0.3 is 11.9 Å². The van der Waals surface area contributed by atoms with E-state index in [1.165, 1.54) is 0 Å². The normalized spacial score (nSPS) is 11.8. The van der Waals surface area contributed by atoms with Gasteiger partial charge in [-0.3, -0.25) is 0 Å². The van der Waals surface area contributed by atoms with Crippen molar-refractivity contribution in [3.05, 3.63) is 11.0 Å². The van der Waals surface area contributed by atoms with Gasteiger partial charge in [-0.05, 0) is 27.7 Å². The molecule has 0 saturated carbocycles. The summed E-state index contributed by atoms with van der Waals surface area (Å²) in [6.45, 7) is 6.86. The van der Waals surface area contributed by atoms with Gasteiger partial charge in [-0.25, -0.2) is 9.59 Å². The molecule has 0 saturated heterocycles. The third-order valence-electron chi connectivity index (χ3n) is 1.16. The molecule has 0 aromatic carbocycles. The quantitative estimate of drug-likeness (QED) is 0.455. The molecule has 0 aliphatic rings. The maximum atomic E-state index is 11.2. The van der Waals surface area contributed by atoms with Crippen LogP contribution in [0.25, 0.3) is 0 Å². The number of hydrogen-bond donors (Lipinski definition) is 1. The highest BCUT2D eigenvalue weighted by Gasteiger charge is 2.11. The summed E-state index contributed by atoms with van der Waals surface area (Å²) < 4.78 is 9.63. The Hall–Kier alpha value is -0.970. The van der Waals surface area contributed by atoms with Crippen molar-refractivity contribution in [3.63, 3.8) is 0 Å². The molecule has 0 aliphatic heterocycles. The minimum atomic E-state index is -0.631. The number of ether oxygens (including phenoxy) is 2. The van der Waals surface area contributed by atoms with Gasteiger partial charge in [0.1, 0.15) is 0 Å². The van der Waals surface area contributed by atoms with Crippen LogP contribution in [0.5, 0.6) is 0 Å². The van der Waals surface area contributed by atoms with E-state index < -0.39 is 11.9 Å². The molecule has 0 amide bonds. The Morgan fingerprint density at radius 1 is 1.07 bits per heavy atom. The van der Waals surface area contributed by atoms with Crippen molar-refractivity contribution in [1.29, 1.82) is 0 Å². The third kappa shape index (κ3) is 7.02. The van der Waals surface area contributed by atoms with Gasteiger partial charge in [0.25, 0.3) is 0 Å². The molecule has 0 rings (SSSR count). The predicted octanol–water partition coefficient (Wildman–Crippen LogP) is 1.70. The Labute approximate surface area is 95.0 Å². The average Bonchev–Trinajstić information content (AvgIpc) is 2.00. The Kier molecular flexibility index (Phi) is 6.08. The smallest absolute Gasteiger partial charge is 0.344 e. The summed E-state index contributed by atoms with van der Waals surface area (Å²) in [5.41, 5.74) is 0. The average molecular weight is 232 g/mol. The van der Waals surface area contributed by atoms with Crippen LogP contribution in [-0.4, -0.2) is 24.1 Å². The van der Waals surface area contributed by atoms with Gasteiger partial charge in [-0.15, -0.1) is 12.6 Å². The second-order valence-corrected chi connectivity index (χ2v) is 3.95. The molecule has 0 unspecified atom stereocenters. The van der Waals surface area contributed by atoms with Crippen molar-refractivity contribution >= 4 is 24.6 Å². The molecule has 4 nitrogen and oxygen atoms in total. The van der Waals surface area contributed by atoms with Crippen molar-refractivity contribution in [1.82, 2.24) is 0 Å². The maximum Gasteiger partial charge on any atom is 0.344 e. The van der Waals surface area contributed by atoms with Gasteiger partial charge in [0.15, 0.2) is 0 Å². The highest BCUT2D eigenvalue weighted by molar-refractivity contribution is 7.85. The number of carbonyl (C=O) groups excluding carboxylic acids is 2. The molecule has 0 aliphatic carbocycles.